The number of hydrogen-bond acceptors (Lipinski definition) is 6. The molecule has 0 aromatic carbocycles. The van der Waals surface area contributed by atoms with Crippen molar-refractivity contribution in [3.8, 4) is 0 Å². The Kier molecular flexibility index (Phi) is 7.41. The lowest BCUT2D eigenvalue weighted by Crippen LogP contribution is -2.38. The van der Waals surface area contributed by atoms with Crippen molar-refractivity contribution in [2.24, 2.45) is 0 Å². The minimum absolute atomic E-state index is 0.498. The van der Waals surface area contributed by atoms with Crippen LogP contribution in [0.25, 0.3) is 0 Å². The summed E-state index contributed by atoms with van der Waals surface area (Å²) < 4.78 is 0. The standard InChI is InChI=1S/C21H25N5O/c27-21(14-22-13-18-7-1-4-10-23-18)17-26(15-19-8-2-5-11-24-19)16-20-9-3-6-12-25-20/h1-12,21-22,27H,13-17H2/t21-/m0/s1. The summed E-state index contributed by atoms with van der Waals surface area (Å²) >= 11 is 0. The number of hydrogen-bond donors (Lipinski definition) is 2. The monoisotopic (exact) mass is 363 g/mol. The predicted molar refractivity (Wildman–Crippen MR) is 105 cm³/mol. The zero-order chi connectivity index (χ0) is 18.7. The summed E-state index contributed by atoms with van der Waals surface area (Å²) in [5, 5.41) is 13.8. The van der Waals surface area contributed by atoms with Crippen molar-refractivity contribution < 1.29 is 5.11 Å². The summed E-state index contributed by atoms with van der Waals surface area (Å²) in [5.74, 6) is 0. The van der Waals surface area contributed by atoms with Crippen LogP contribution in [0.5, 0.6) is 0 Å². The maximum absolute atomic E-state index is 10.5. The topological polar surface area (TPSA) is 74.2 Å². The fourth-order valence-corrected chi connectivity index (χ4v) is 2.86. The molecule has 0 aliphatic carbocycles. The number of aliphatic hydroxyl groups is 1. The molecule has 0 saturated carbocycles. The van der Waals surface area contributed by atoms with E-state index in [0.717, 1.165) is 17.1 Å². The Morgan fingerprint density at radius 1 is 0.778 bits per heavy atom. The van der Waals surface area contributed by atoms with E-state index in [0.29, 0.717) is 32.7 Å². The van der Waals surface area contributed by atoms with Gasteiger partial charge in [-0.15, -0.1) is 0 Å². The molecule has 1 atom stereocenters. The van der Waals surface area contributed by atoms with Crippen molar-refractivity contribution in [3.05, 3.63) is 90.3 Å². The highest BCUT2D eigenvalue weighted by Gasteiger charge is 2.14. The highest BCUT2D eigenvalue weighted by Crippen LogP contribution is 2.08. The van der Waals surface area contributed by atoms with E-state index < -0.39 is 6.10 Å². The van der Waals surface area contributed by atoms with Crippen molar-refractivity contribution >= 4 is 0 Å². The van der Waals surface area contributed by atoms with Gasteiger partial charge in [-0.25, -0.2) is 0 Å². The second-order valence-corrected chi connectivity index (χ2v) is 6.42. The summed E-state index contributed by atoms with van der Waals surface area (Å²) in [6.07, 6.45) is 4.86. The molecule has 140 valence electrons. The average molecular weight is 363 g/mol. The molecule has 0 bridgehead atoms. The second kappa shape index (κ2) is 10.5. The van der Waals surface area contributed by atoms with Crippen molar-refractivity contribution in [2.45, 2.75) is 25.7 Å². The molecule has 0 aliphatic rings. The first-order chi connectivity index (χ1) is 13.3. The average Bonchev–Trinajstić information content (AvgIpc) is 2.70. The first-order valence-electron chi connectivity index (χ1n) is 9.10. The van der Waals surface area contributed by atoms with Crippen LogP contribution in [0.1, 0.15) is 17.1 Å². The van der Waals surface area contributed by atoms with E-state index in [4.69, 9.17) is 0 Å². The second-order valence-electron chi connectivity index (χ2n) is 6.42. The Labute approximate surface area is 159 Å². The van der Waals surface area contributed by atoms with E-state index in [1.165, 1.54) is 0 Å². The molecule has 0 amide bonds. The fourth-order valence-electron chi connectivity index (χ4n) is 2.86. The summed E-state index contributed by atoms with van der Waals surface area (Å²) in [5.41, 5.74) is 2.91. The maximum Gasteiger partial charge on any atom is 0.0791 e. The predicted octanol–water partition coefficient (Wildman–Crippen LogP) is 2.02. The number of pyridine rings is 3. The molecule has 27 heavy (non-hydrogen) atoms. The van der Waals surface area contributed by atoms with Crippen LogP contribution in [-0.2, 0) is 19.6 Å². The normalized spacial score (nSPS) is 12.2. The fraction of sp³-hybridized carbons (Fsp3) is 0.286. The Hall–Kier alpha value is -2.67. The molecule has 0 radical (unpaired) electrons. The number of nitrogens with one attached hydrogen (secondary N) is 1. The van der Waals surface area contributed by atoms with Gasteiger partial charge in [0.15, 0.2) is 0 Å². The van der Waals surface area contributed by atoms with Gasteiger partial charge in [0.05, 0.1) is 23.2 Å². The third-order valence-electron chi connectivity index (χ3n) is 4.10. The van der Waals surface area contributed by atoms with Crippen LogP contribution in [0, 0.1) is 0 Å². The Bertz CT molecular complexity index is 729. The molecule has 3 heterocycles. The van der Waals surface area contributed by atoms with Crippen LogP contribution in [0.15, 0.2) is 73.2 Å². The van der Waals surface area contributed by atoms with E-state index in [1.54, 1.807) is 18.6 Å². The van der Waals surface area contributed by atoms with Crippen molar-refractivity contribution in [2.75, 3.05) is 13.1 Å². The van der Waals surface area contributed by atoms with E-state index >= 15 is 0 Å². The van der Waals surface area contributed by atoms with Crippen molar-refractivity contribution in [1.29, 1.82) is 0 Å². The minimum atomic E-state index is -0.499. The van der Waals surface area contributed by atoms with Crippen LogP contribution >= 0.6 is 0 Å². The molecule has 3 aromatic heterocycles. The molecule has 0 unspecified atom stereocenters. The highest BCUT2D eigenvalue weighted by molar-refractivity contribution is 5.06. The van der Waals surface area contributed by atoms with Crippen LogP contribution in [0.4, 0.5) is 0 Å². The van der Waals surface area contributed by atoms with E-state index in [-0.39, 0.29) is 0 Å². The zero-order valence-electron chi connectivity index (χ0n) is 15.3. The molecule has 3 aromatic rings. The summed E-state index contributed by atoms with van der Waals surface area (Å²) in [7, 11) is 0. The molecular formula is C21H25N5O. The van der Waals surface area contributed by atoms with Gasteiger partial charge in [-0.1, -0.05) is 18.2 Å². The Morgan fingerprint density at radius 2 is 1.30 bits per heavy atom. The van der Waals surface area contributed by atoms with Gasteiger partial charge in [0, 0.05) is 51.3 Å². The van der Waals surface area contributed by atoms with Crippen LogP contribution in [0.2, 0.25) is 0 Å². The first-order valence-corrected chi connectivity index (χ1v) is 9.10. The molecule has 0 saturated heterocycles. The van der Waals surface area contributed by atoms with Gasteiger partial charge in [0.1, 0.15) is 0 Å². The lowest BCUT2D eigenvalue weighted by Gasteiger charge is -2.24. The number of aliphatic hydroxyl groups excluding tert-OH is 1. The van der Waals surface area contributed by atoms with Gasteiger partial charge in [-0.3, -0.25) is 19.9 Å². The summed E-state index contributed by atoms with van der Waals surface area (Å²) in [4.78, 5) is 15.2. The van der Waals surface area contributed by atoms with E-state index in [9.17, 15) is 5.11 Å². The smallest absolute Gasteiger partial charge is 0.0791 e. The SMILES string of the molecule is O[C@@H](CNCc1ccccn1)CN(Cc1ccccn1)Cc1ccccn1. The molecule has 0 aliphatic heterocycles. The van der Waals surface area contributed by atoms with Crippen LogP contribution < -0.4 is 5.32 Å². The van der Waals surface area contributed by atoms with E-state index in [1.807, 2.05) is 54.6 Å². The highest BCUT2D eigenvalue weighted by atomic mass is 16.3. The maximum atomic E-state index is 10.5. The lowest BCUT2D eigenvalue weighted by atomic mass is 10.2. The van der Waals surface area contributed by atoms with Gasteiger partial charge >= 0.3 is 0 Å². The van der Waals surface area contributed by atoms with E-state index in [2.05, 4.69) is 25.2 Å². The lowest BCUT2D eigenvalue weighted by molar-refractivity contribution is 0.102. The van der Waals surface area contributed by atoms with Gasteiger partial charge in [-0.05, 0) is 36.4 Å². The number of nitrogens with zero attached hydrogens (tertiary/aromatic N) is 4. The third-order valence-corrected chi connectivity index (χ3v) is 4.10. The quantitative estimate of drug-likeness (QED) is 0.574. The van der Waals surface area contributed by atoms with Crippen LogP contribution in [-0.4, -0.2) is 44.2 Å². The van der Waals surface area contributed by atoms with Gasteiger partial charge in [0.2, 0.25) is 0 Å². The Balaban J connectivity index is 1.54. The first kappa shape index (κ1) is 19.1. The molecule has 2 N–H and O–H groups in total. The molecule has 0 spiro atoms. The Morgan fingerprint density at radius 3 is 1.78 bits per heavy atom. The van der Waals surface area contributed by atoms with Crippen LogP contribution in [0.3, 0.4) is 0 Å². The van der Waals surface area contributed by atoms with Gasteiger partial charge in [-0.2, -0.15) is 0 Å². The van der Waals surface area contributed by atoms with Gasteiger partial charge < -0.3 is 10.4 Å². The molecule has 3 rings (SSSR count). The number of rotatable bonds is 10. The van der Waals surface area contributed by atoms with Gasteiger partial charge in [0.25, 0.3) is 0 Å². The molecule has 6 heteroatoms. The largest absolute Gasteiger partial charge is 0.390 e. The van der Waals surface area contributed by atoms with Crippen molar-refractivity contribution in [1.82, 2.24) is 25.2 Å². The summed E-state index contributed by atoms with van der Waals surface area (Å²) in [6.45, 7) is 2.99. The third kappa shape index (κ3) is 6.86. The zero-order valence-corrected chi connectivity index (χ0v) is 15.3. The van der Waals surface area contributed by atoms with Crippen molar-refractivity contribution in [3.63, 3.8) is 0 Å². The molecule has 6 nitrogen and oxygen atoms in total. The minimum Gasteiger partial charge on any atom is -0.390 e. The molecule has 0 fully saturated rings. The molecular weight excluding hydrogens is 338 g/mol. The number of aromatic nitrogens is 3. The summed E-state index contributed by atoms with van der Waals surface area (Å²) in [6, 6.07) is 17.6.